The third-order valence-electron chi connectivity index (χ3n) is 4.36. The molecular formula is C27H28O9. The molecular weight excluding hydrogens is 468 g/mol. The van der Waals surface area contributed by atoms with Gasteiger partial charge in [0.05, 0.1) is 18.8 Å². The molecule has 9 heteroatoms. The first-order valence-corrected chi connectivity index (χ1v) is 11.1. The van der Waals surface area contributed by atoms with E-state index in [1.165, 1.54) is 19.9 Å². The van der Waals surface area contributed by atoms with Crippen LogP contribution in [0.4, 0.5) is 0 Å². The van der Waals surface area contributed by atoms with Gasteiger partial charge in [0.15, 0.2) is 0 Å². The molecule has 190 valence electrons. The largest absolute Gasteiger partial charge is 0.493 e. The number of carbonyl (C=O) groups excluding carboxylic acids is 4. The third kappa shape index (κ3) is 10.7. The Morgan fingerprint density at radius 2 is 1.42 bits per heavy atom. The molecule has 2 aromatic rings. The summed E-state index contributed by atoms with van der Waals surface area (Å²) in [5.74, 6) is -1.08. The number of hydrogen-bond acceptors (Lipinski definition) is 9. The van der Waals surface area contributed by atoms with E-state index in [1.54, 1.807) is 54.6 Å². The average molecular weight is 497 g/mol. The molecule has 0 spiro atoms. The third-order valence-corrected chi connectivity index (χ3v) is 4.36. The molecule has 0 N–H and O–H groups in total. The summed E-state index contributed by atoms with van der Waals surface area (Å²) < 4.78 is 25.5. The number of ether oxygens (including phenoxy) is 5. The maximum atomic E-state index is 12.4. The van der Waals surface area contributed by atoms with E-state index >= 15 is 0 Å². The normalized spacial score (nSPS) is 10.4. The summed E-state index contributed by atoms with van der Waals surface area (Å²) in [4.78, 5) is 46.0. The molecule has 0 bridgehead atoms. The Balaban J connectivity index is 1.75. The fraction of sp³-hybridized carbons (Fsp3) is 0.259. The van der Waals surface area contributed by atoms with Crippen molar-refractivity contribution in [2.24, 2.45) is 0 Å². The first-order valence-electron chi connectivity index (χ1n) is 11.1. The minimum Gasteiger partial charge on any atom is -0.493 e. The van der Waals surface area contributed by atoms with Gasteiger partial charge >= 0.3 is 23.9 Å². The lowest BCUT2D eigenvalue weighted by Crippen LogP contribution is -2.12. The van der Waals surface area contributed by atoms with Gasteiger partial charge < -0.3 is 23.7 Å². The Morgan fingerprint density at radius 1 is 0.778 bits per heavy atom. The van der Waals surface area contributed by atoms with Crippen molar-refractivity contribution in [3.8, 4) is 11.5 Å². The minimum atomic E-state index is -0.589. The zero-order valence-corrected chi connectivity index (χ0v) is 20.2. The van der Waals surface area contributed by atoms with E-state index in [9.17, 15) is 19.2 Å². The molecule has 0 saturated carbocycles. The molecule has 0 unspecified atom stereocenters. The molecule has 0 fully saturated rings. The number of hydrogen-bond donors (Lipinski definition) is 0. The molecule has 36 heavy (non-hydrogen) atoms. The SMILES string of the molecule is C=C(C)C(=O)OCCOC(=O)/C=C/c1ccc(OC(=O)c2ccc(OCCCOC(C)=O)cc2)cc1. The van der Waals surface area contributed by atoms with Gasteiger partial charge in [0.1, 0.15) is 24.7 Å². The topological polar surface area (TPSA) is 114 Å². The van der Waals surface area contributed by atoms with E-state index in [0.29, 0.717) is 35.7 Å². The summed E-state index contributed by atoms with van der Waals surface area (Å²) in [6.45, 7) is 6.86. The Labute approximate surface area is 209 Å². The second-order valence-corrected chi connectivity index (χ2v) is 7.44. The van der Waals surface area contributed by atoms with E-state index in [0.717, 1.165) is 0 Å². The second kappa shape index (κ2) is 14.8. The smallest absolute Gasteiger partial charge is 0.343 e. The van der Waals surface area contributed by atoms with E-state index in [-0.39, 0.29) is 31.4 Å². The molecule has 2 aromatic carbocycles. The molecule has 0 atom stereocenters. The van der Waals surface area contributed by atoms with Crippen LogP contribution in [-0.2, 0) is 28.6 Å². The highest BCUT2D eigenvalue weighted by atomic mass is 16.6. The Kier molecular flexibility index (Phi) is 11.4. The first kappa shape index (κ1) is 27.8. The van der Waals surface area contributed by atoms with Crippen molar-refractivity contribution in [2.75, 3.05) is 26.4 Å². The van der Waals surface area contributed by atoms with Gasteiger partial charge in [0.2, 0.25) is 0 Å². The maximum absolute atomic E-state index is 12.4. The van der Waals surface area contributed by atoms with Gasteiger partial charge in [-0.25, -0.2) is 14.4 Å². The number of esters is 4. The van der Waals surface area contributed by atoms with Crippen molar-refractivity contribution < 1.29 is 42.9 Å². The predicted octanol–water partition coefficient (Wildman–Crippen LogP) is 3.91. The molecule has 2 rings (SSSR count). The van der Waals surface area contributed by atoms with Crippen molar-refractivity contribution >= 4 is 30.0 Å². The van der Waals surface area contributed by atoms with Crippen molar-refractivity contribution in [1.82, 2.24) is 0 Å². The fourth-order valence-electron chi connectivity index (χ4n) is 2.58. The Bertz CT molecular complexity index is 1080. The van der Waals surface area contributed by atoms with Crippen LogP contribution in [0.15, 0.2) is 66.8 Å². The zero-order valence-electron chi connectivity index (χ0n) is 20.2. The monoisotopic (exact) mass is 496 g/mol. The highest BCUT2D eigenvalue weighted by molar-refractivity contribution is 5.91. The summed E-state index contributed by atoms with van der Waals surface area (Å²) in [6, 6.07) is 13.0. The predicted molar refractivity (Wildman–Crippen MR) is 130 cm³/mol. The first-order chi connectivity index (χ1) is 17.2. The van der Waals surface area contributed by atoms with E-state index in [2.05, 4.69) is 6.58 Å². The van der Waals surface area contributed by atoms with Gasteiger partial charge in [-0.15, -0.1) is 0 Å². The van der Waals surface area contributed by atoms with E-state index in [1.807, 2.05) is 0 Å². The van der Waals surface area contributed by atoms with E-state index < -0.39 is 17.9 Å². The number of rotatable bonds is 13. The molecule has 0 saturated heterocycles. The quantitative estimate of drug-likeness (QED) is 0.134. The molecule has 0 aromatic heterocycles. The highest BCUT2D eigenvalue weighted by Crippen LogP contribution is 2.17. The van der Waals surface area contributed by atoms with Crippen molar-refractivity contribution in [1.29, 1.82) is 0 Å². The molecule has 0 aliphatic rings. The zero-order chi connectivity index (χ0) is 26.3. The fourth-order valence-corrected chi connectivity index (χ4v) is 2.58. The van der Waals surface area contributed by atoms with Crippen LogP contribution in [0.1, 0.15) is 36.2 Å². The van der Waals surface area contributed by atoms with Gasteiger partial charge in [0, 0.05) is 25.0 Å². The van der Waals surface area contributed by atoms with Crippen LogP contribution in [0.5, 0.6) is 11.5 Å². The lowest BCUT2D eigenvalue weighted by molar-refractivity contribution is -0.146. The van der Waals surface area contributed by atoms with Crippen LogP contribution >= 0.6 is 0 Å². The average Bonchev–Trinajstić information content (AvgIpc) is 2.86. The van der Waals surface area contributed by atoms with Crippen LogP contribution in [0.25, 0.3) is 6.08 Å². The van der Waals surface area contributed by atoms with Crippen molar-refractivity contribution in [3.05, 3.63) is 77.9 Å². The maximum Gasteiger partial charge on any atom is 0.343 e. The van der Waals surface area contributed by atoms with Gasteiger partial charge in [-0.05, 0) is 55.0 Å². The Hall–Kier alpha value is -4.40. The van der Waals surface area contributed by atoms with Crippen LogP contribution in [0, 0.1) is 0 Å². The van der Waals surface area contributed by atoms with Crippen LogP contribution < -0.4 is 9.47 Å². The van der Waals surface area contributed by atoms with E-state index in [4.69, 9.17) is 23.7 Å². The summed E-state index contributed by atoms with van der Waals surface area (Å²) in [5, 5.41) is 0. The summed E-state index contributed by atoms with van der Waals surface area (Å²) >= 11 is 0. The van der Waals surface area contributed by atoms with Crippen LogP contribution in [0.3, 0.4) is 0 Å². The molecule has 0 heterocycles. The van der Waals surface area contributed by atoms with Crippen molar-refractivity contribution in [3.63, 3.8) is 0 Å². The molecule has 0 aliphatic carbocycles. The van der Waals surface area contributed by atoms with Gasteiger partial charge in [-0.3, -0.25) is 4.79 Å². The number of carbonyl (C=O) groups is 4. The highest BCUT2D eigenvalue weighted by Gasteiger charge is 2.09. The Morgan fingerprint density at radius 3 is 2.06 bits per heavy atom. The summed E-state index contributed by atoms with van der Waals surface area (Å²) in [7, 11) is 0. The van der Waals surface area contributed by atoms with Gasteiger partial charge in [0.25, 0.3) is 0 Å². The second-order valence-electron chi connectivity index (χ2n) is 7.44. The summed E-state index contributed by atoms with van der Waals surface area (Å²) in [5.41, 5.74) is 1.31. The molecule has 9 nitrogen and oxygen atoms in total. The van der Waals surface area contributed by atoms with Gasteiger partial charge in [-0.1, -0.05) is 18.7 Å². The van der Waals surface area contributed by atoms with Gasteiger partial charge in [-0.2, -0.15) is 0 Å². The minimum absolute atomic E-state index is 0.0568. The lowest BCUT2D eigenvalue weighted by Gasteiger charge is -2.08. The van der Waals surface area contributed by atoms with Crippen LogP contribution in [0.2, 0.25) is 0 Å². The molecule has 0 aliphatic heterocycles. The molecule has 0 radical (unpaired) electrons. The standard InChI is InChI=1S/C27H28O9/c1-19(2)26(30)35-18-17-34-25(29)14-7-21-5-10-24(11-6-21)36-27(31)22-8-12-23(13-9-22)33-16-4-15-32-20(3)28/h5-14H,1,4,15-18H2,2-3H3/b14-7+. The number of benzene rings is 2. The molecule has 0 amide bonds. The summed E-state index contributed by atoms with van der Waals surface area (Å²) in [6.07, 6.45) is 3.34. The van der Waals surface area contributed by atoms with Crippen molar-refractivity contribution in [2.45, 2.75) is 20.3 Å². The lowest BCUT2D eigenvalue weighted by atomic mass is 10.2. The van der Waals surface area contributed by atoms with Crippen LogP contribution in [-0.4, -0.2) is 50.3 Å².